The molecule has 0 aliphatic heterocycles. The molecule has 4 heterocycles. The van der Waals surface area contributed by atoms with E-state index in [1.165, 1.54) is 32.3 Å². The molecule has 0 bridgehead atoms. The van der Waals surface area contributed by atoms with Gasteiger partial charge in [-0.1, -0.05) is 78.9 Å². The Labute approximate surface area is 263 Å². The third-order valence-electron chi connectivity index (χ3n) is 9.18. The first-order valence-electron chi connectivity index (χ1n) is 15.4. The maximum atomic E-state index is 6.26. The molecule has 0 fully saturated rings. The lowest BCUT2D eigenvalue weighted by Crippen LogP contribution is -1.89. The van der Waals surface area contributed by atoms with Gasteiger partial charge in [0, 0.05) is 18.0 Å². The molecule has 4 nitrogen and oxygen atoms in total. The van der Waals surface area contributed by atoms with E-state index in [1.54, 1.807) is 6.20 Å². The number of rotatable bonds is 3. The third-order valence-corrected chi connectivity index (χ3v) is 9.18. The molecule has 0 aliphatic rings. The number of furan rings is 2. The first-order chi connectivity index (χ1) is 22.8. The fourth-order valence-electron chi connectivity index (χ4n) is 6.93. The second-order valence-corrected chi connectivity index (χ2v) is 11.8. The van der Waals surface area contributed by atoms with E-state index < -0.39 is 0 Å². The van der Waals surface area contributed by atoms with Gasteiger partial charge in [0.2, 0.25) is 0 Å². The lowest BCUT2D eigenvalue weighted by molar-refractivity contribution is 0.653. The van der Waals surface area contributed by atoms with Crippen LogP contribution in [0.5, 0.6) is 0 Å². The number of para-hydroxylation sites is 1. The van der Waals surface area contributed by atoms with Crippen molar-refractivity contribution in [3.63, 3.8) is 0 Å². The average Bonchev–Trinajstić information content (AvgIpc) is 3.68. The zero-order valence-corrected chi connectivity index (χ0v) is 24.6. The molecule has 10 rings (SSSR count). The lowest BCUT2D eigenvalue weighted by Gasteiger charge is -2.14. The largest absolute Gasteiger partial charge is 0.452 e. The van der Waals surface area contributed by atoms with Crippen molar-refractivity contribution in [1.29, 1.82) is 0 Å². The van der Waals surface area contributed by atoms with Crippen molar-refractivity contribution >= 4 is 65.4 Å². The molecule has 0 radical (unpaired) electrons. The standard InChI is InChI=1S/C42H24N2O2/c1-2-8-30-29(7-1)31-16-12-25(26-15-19-40-36(23-26)42-41(46-40)33-9-3-4-11-39(33)45-42)21-34(31)35-22-27(13-17-32(30)35)28-14-18-38(44-24-28)37-10-5-6-20-43-37/h1-24H. The van der Waals surface area contributed by atoms with Crippen LogP contribution in [0, 0.1) is 0 Å². The summed E-state index contributed by atoms with van der Waals surface area (Å²) in [7, 11) is 0. The zero-order valence-electron chi connectivity index (χ0n) is 24.6. The maximum Gasteiger partial charge on any atom is 0.181 e. The highest BCUT2D eigenvalue weighted by Crippen LogP contribution is 2.41. The van der Waals surface area contributed by atoms with Crippen LogP contribution in [0.4, 0.5) is 0 Å². The molecule has 0 atom stereocenters. The molecular weight excluding hydrogens is 564 g/mol. The van der Waals surface area contributed by atoms with Gasteiger partial charge in [0.05, 0.1) is 22.2 Å². The van der Waals surface area contributed by atoms with Gasteiger partial charge in [-0.2, -0.15) is 0 Å². The first-order valence-corrected chi connectivity index (χ1v) is 15.4. The van der Waals surface area contributed by atoms with Crippen molar-refractivity contribution in [3.05, 3.63) is 146 Å². The Morgan fingerprint density at radius 3 is 1.54 bits per heavy atom. The summed E-state index contributed by atoms with van der Waals surface area (Å²) in [5.41, 5.74) is 9.44. The van der Waals surface area contributed by atoms with E-state index in [0.717, 1.165) is 66.7 Å². The Hall–Kier alpha value is -6.26. The van der Waals surface area contributed by atoms with E-state index in [0.29, 0.717) is 0 Å². The molecular formula is C42H24N2O2. The highest BCUT2D eigenvalue weighted by atomic mass is 16.4. The van der Waals surface area contributed by atoms with Crippen LogP contribution in [0.1, 0.15) is 0 Å². The molecule has 0 amide bonds. The molecule has 6 aromatic carbocycles. The number of benzene rings is 6. The van der Waals surface area contributed by atoms with Gasteiger partial charge in [0.1, 0.15) is 11.2 Å². The quantitative estimate of drug-likeness (QED) is 0.193. The molecule has 214 valence electrons. The van der Waals surface area contributed by atoms with Gasteiger partial charge < -0.3 is 8.83 Å². The van der Waals surface area contributed by atoms with E-state index in [-0.39, 0.29) is 0 Å². The number of pyridine rings is 2. The predicted octanol–water partition coefficient (Wildman–Crippen LogP) is 11.6. The van der Waals surface area contributed by atoms with Gasteiger partial charge in [0.15, 0.2) is 11.2 Å². The van der Waals surface area contributed by atoms with Crippen molar-refractivity contribution in [3.8, 4) is 33.6 Å². The normalized spacial score (nSPS) is 11.9. The van der Waals surface area contributed by atoms with Gasteiger partial charge in [-0.25, -0.2) is 0 Å². The van der Waals surface area contributed by atoms with Gasteiger partial charge in [-0.05, 0) is 104 Å². The van der Waals surface area contributed by atoms with Crippen LogP contribution in [0.15, 0.2) is 155 Å². The fourth-order valence-corrected chi connectivity index (χ4v) is 6.93. The summed E-state index contributed by atoms with van der Waals surface area (Å²) in [4.78, 5) is 9.20. The molecule has 4 heteroatoms. The molecule has 0 saturated carbocycles. The minimum Gasteiger partial charge on any atom is -0.452 e. The molecule has 0 aliphatic carbocycles. The van der Waals surface area contributed by atoms with Crippen molar-refractivity contribution in [1.82, 2.24) is 9.97 Å². The van der Waals surface area contributed by atoms with E-state index in [4.69, 9.17) is 13.8 Å². The summed E-state index contributed by atoms with van der Waals surface area (Å²) in [5.74, 6) is 0. The first kappa shape index (κ1) is 25.1. The summed E-state index contributed by atoms with van der Waals surface area (Å²) in [6.45, 7) is 0. The van der Waals surface area contributed by atoms with Gasteiger partial charge in [0.25, 0.3) is 0 Å². The van der Waals surface area contributed by atoms with Gasteiger partial charge in [-0.15, -0.1) is 0 Å². The Bertz CT molecular complexity index is 2790. The number of aromatic nitrogens is 2. The molecule has 46 heavy (non-hydrogen) atoms. The SMILES string of the molecule is c1ccc(-c2ccc(-c3ccc4c5ccccc5c5ccc(-c6ccc7oc8c9ccccc9oc8c7c6)cc5c4c3)cn2)nc1. The van der Waals surface area contributed by atoms with Crippen LogP contribution in [0.3, 0.4) is 0 Å². The molecule has 0 unspecified atom stereocenters. The lowest BCUT2D eigenvalue weighted by atomic mass is 9.90. The average molecular weight is 589 g/mol. The maximum absolute atomic E-state index is 6.26. The minimum absolute atomic E-state index is 0.794. The van der Waals surface area contributed by atoms with Crippen LogP contribution < -0.4 is 0 Å². The molecule has 0 N–H and O–H groups in total. The molecule has 10 aromatic rings. The number of hydrogen-bond acceptors (Lipinski definition) is 4. The monoisotopic (exact) mass is 588 g/mol. The van der Waals surface area contributed by atoms with Crippen molar-refractivity contribution in [2.75, 3.05) is 0 Å². The van der Waals surface area contributed by atoms with Crippen molar-refractivity contribution in [2.45, 2.75) is 0 Å². The van der Waals surface area contributed by atoms with E-state index in [9.17, 15) is 0 Å². The van der Waals surface area contributed by atoms with E-state index in [1.807, 2.05) is 54.7 Å². The highest BCUT2D eigenvalue weighted by Gasteiger charge is 2.17. The van der Waals surface area contributed by atoms with Gasteiger partial charge in [-0.3, -0.25) is 9.97 Å². The predicted molar refractivity (Wildman–Crippen MR) is 188 cm³/mol. The smallest absolute Gasteiger partial charge is 0.181 e. The van der Waals surface area contributed by atoms with E-state index >= 15 is 0 Å². The summed E-state index contributed by atoms with van der Waals surface area (Å²) >= 11 is 0. The number of fused-ring (bicyclic) bond motifs is 11. The van der Waals surface area contributed by atoms with Crippen LogP contribution in [0.25, 0.3) is 99.1 Å². The number of hydrogen-bond donors (Lipinski definition) is 0. The molecule has 0 saturated heterocycles. The summed E-state index contributed by atoms with van der Waals surface area (Å²) in [6.07, 6.45) is 3.74. The van der Waals surface area contributed by atoms with Gasteiger partial charge >= 0.3 is 0 Å². The van der Waals surface area contributed by atoms with Crippen molar-refractivity contribution < 1.29 is 8.83 Å². The van der Waals surface area contributed by atoms with Crippen LogP contribution >= 0.6 is 0 Å². The molecule has 4 aromatic heterocycles. The highest BCUT2D eigenvalue weighted by molar-refractivity contribution is 6.26. The fraction of sp³-hybridized carbons (Fsp3) is 0. The Kier molecular flexibility index (Phi) is 5.25. The number of nitrogens with zero attached hydrogens (tertiary/aromatic N) is 2. The summed E-state index contributed by atoms with van der Waals surface area (Å²) < 4.78 is 12.5. The summed E-state index contributed by atoms with van der Waals surface area (Å²) in [5, 5.41) is 9.37. The second-order valence-electron chi connectivity index (χ2n) is 11.8. The zero-order chi connectivity index (χ0) is 30.2. The van der Waals surface area contributed by atoms with Crippen molar-refractivity contribution in [2.24, 2.45) is 0 Å². The topological polar surface area (TPSA) is 52.1 Å². The van der Waals surface area contributed by atoms with Crippen LogP contribution in [-0.4, -0.2) is 9.97 Å². The summed E-state index contributed by atoms with van der Waals surface area (Å²) in [6, 6.07) is 46.7. The molecule has 0 spiro atoms. The Morgan fingerprint density at radius 2 is 0.870 bits per heavy atom. The third kappa shape index (κ3) is 3.74. The van der Waals surface area contributed by atoms with Crippen LogP contribution in [0.2, 0.25) is 0 Å². The van der Waals surface area contributed by atoms with E-state index in [2.05, 4.69) is 89.9 Å². The Balaban J connectivity index is 1.16. The van der Waals surface area contributed by atoms with Crippen LogP contribution in [-0.2, 0) is 0 Å². The second kappa shape index (κ2) is 9.62. The Morgan fingerprint density at radius 1 is 0.348 bits per heavy atom. The minimum atomic E-state index is 0.794.